The van der Waals surface area contributed by atoms with Gasteiger partial charge in [0.1, 0.15) is 32.7 Å². The number of aromatic hydroxyl groups is 1. The Balaban J connectivity index is 1.84. The normalized spacial score (nSPS) is 13.3. The highest BCUT2D eigenvalue weighted by atomic mass is 32.3. The number of fused-ring (bicyclic) bond motifs is 1. The van der Waals surface area contributed by atoms with E-state index in [0.29, 0.717) is 0 Å². The molecule has 4 aromatic rings. The molecule has 0 atom stereocenters. The van der Waals surface area contributed by atoms with Gasteiger partial charge in [0.2, 0.25) is 0 Å². The molecule has 274 valence electrons. The molecule has 0 aliphatic rings. The number of nitrogens with zero attached hydrogens (tertiary/aromatic N) is 4. The third kappa shape index (κ3) is 10.3. The van der Waals surface area contributed by atoms with Gasteiger partial charge in [0.15, 0.2) is 15.6 Å². The molecule has 4 rings (SSSR count). The van der Waals surface area contributed by atoms with Gasteiger partial charge in [0.25, 0.3) is 30.4 Å². The number of phenolic OH excluding ortho intramolecular Hbond substituents is 1. The van der Waals surface area contributed by atoms with Crippen molar-refractivity contribution >= 4 is 89.8 Å². The molecule has 0 amide bonds. The second-order valence-corrected chi connectivity index (χ2v) is 17.3. The molecule has 0 saturated heterocycles. The summed E-state index contributed by atoms with van der Waals surface area (Å²) < 4.78 is 159. The lowest BCUT2D eigenvalue weighted by atomic mass is 10.1. The SMILES string of the molecule is O=S(=O)(O)CNc1ccc2c(O)c(N=Nc3ccc(S(=O)(=O)CCOS(=O)(=O)O)cc3)c(S(=O)(=O)O)cc2c1N=Nc1ccccc1S(=O)(=O)O. The molecule has 0 aliphatic carbocycles. The first kappa shape index (κ1) is 39.3. The Labute approximate surface area is 289 Å². The molecule has 0 saturated carbocycles. The van der Waals surface area contributed by atoms with Gasteiger partial charge >= 0.3 is 10.4 Å². The van der Waals surface area contributed by atoms with Gasteiger partial charge in [-0.25, -0.2) is 12.6 Å². The van der Waals surface area contributed by atoms with Gasteiger partial charge in [0, 0.05) is 10.8 Å². The molecule has 0 spiro atoms. The summed E-state index contributed by atoms with van der Waals surface area (Å²) in [6.07, 6.45) is 0. The average Bonchev–Trinajstić information content (AvgIpc) is 3.00. The van der Waals surface area contributed by atoms with Gasteiger partial charge in [-0.05, 0) is 54.6 Å². The van der Waals surface area contributed by atoms with E-state index in [4.69, 9.17) is 4.55 Å². The zero-order valence-corrected chi connectivity index (χ0v) is 29.1. The van der Waals surface area contributed by atoms with Crippen molar-refractivity contribution in [2.75, 3.05) is 23.6 Å². The first-order chi connectivity index (χ1) is 23.5. The molecule has 51 heavy (non-hydrogen) atoms. The van der Waals surface area contributed by atoms with Crippen LogP contribution in [0.1, 0.15) is 0 Å². The second kappa shape index (κ2) is 14.6. The third-order valence-corrected chi connectivity index (χ3v) is 10.8. The van der Waals surface area contributed by atoms with Gasteiger partial charge < -0.3 is 10.4 Å². The minimum absolute atomic E-state index is 0.110. The lowest BCUT2D eigenvalue weighted by Crippen LogP contribution is -2.15. The van der Waals surface area contributed by atoms with Crippen LogP contribution in [0.4, 0.5) is 28.4 Å². The summed E-state index contributed by atoms with van der Waals surface area (Å²) in [4.78, 5) is -2.09. The maximum atomic E-state index is 12.5. The van der Waals surface area contributed by atoms with Crippen LogP contribution in [-0.4, -0.2) is 83.6 Å². The van der Waals surface area contributed by atoms with Crippen LogP contribution in [0.15, 0.2) is 102 Å². The number of rotatable bonds is 14. The van der Waals surface area contributed by atoms with Crippen molar-refractivity contribution in [2.24, 2.45) is 20.5 Å². The molecule has 0 fully saturated rings. The number of sulfone groups is 1. The fourth-order valence-corrected chi connectivity index (χ4v) is 7.27. The Morgan fingerprint density at radius 3 is 1.84 bits per heavy atom. The van der Waals surface area contributed by atoms with E-state index in [1.54, 1.807) is 0 Å². The molecule has 0 heterocycles. The van der Waals surface area contributed by atoms with Crippen molar-refractivity contribution in [1.82, 2.24) is 0 Å². The van der Waals surface area contributed by atoms with Gasteiger partial charge in [-0.2, -0.15) is 38.8 Å². The summed E-state index contributed by atoms with van der Waals surface area (Å²) in [6, 6.07) is 11.9. The molecule has 4 aromatic carbocycles. The summed E-state index contributed by atoms with van der Waals surface area (Å²) >= 11 is 0. The average molecular weight is 810 g/mol. The van der Waals surface area contributed by atoms with E-state index in [1.165, 1.54) is 12.1 Å². The fourth-order valence-electron chi connectivity index (χ4n) is 4.17. The molecule has 0 radical (unpaired) electrons. The number of phenols is 1. The number of hydrogen-bond donors (Lipinski definition) is 6. The maximum absolute atomic E-state index is 12.5. The largest absolute Gasteiger partial charge is 0.505 e. The van der Waals surface area contributed by atoms with Crippen LogP contribution in [0.25, 0.3) is 10.8 Å². The second-order valence-electron chi connectivity index (χ2n) is 9.91. The third-order valence-electron chi connectivity index (χ3n) is 6.37. The van der Waals surface area contributed by atoms with Gasteiger partial charge in [0.05, 0.1) is 28.6 Å². The van der Waals surface area contributed by atoms with Crippen LogP contribution in [0.3, 0.4) is 0 Å². The van der Waals surface area contributed by atoms with Crippen LogP contribution in [-0.2, 0) is 54.8 Å². The van der Waals surface area contributed by atoms with Gasteiger partial charge in [-0.3, -0.25) is 18.2 Å². The van der Waals surface area contributed by atoms with Crippen LogP contribution in [0, 0.1) is 0 Å². The monoisotopic (exact) mass is 809 g/mol. The lowest BCUT2D eigenvalue weighted by molar-refractivity contribution is 0.284. The van der Waals surface area contributed by atoms with E-state index in [1.807, 2.05) is 0 Å². The molecule has 26 heteroatoms. The number of nitrogens with one attached hydrogen (secondary N) is 1. The van der Waals surface area contributed by atoms with Crippen LogP contribution in [0.2, 0.25) is 0 Å². The van der Waals surface area contributed by atoms with E-state index in [-0.39, 0.29) is 27.0 Å². The van der Waals surface area contributed by atoms with E-state index in [9.17, 15) is 60.9 Å². The maximum Gasteiger partial charge on any atom is 0.397 e. The zero-order valence-electron chi connectivity index (χ0n) is 25.0. The summed E-state index contributed by atoms with van der Waals surface area (Å²) in [7, 11) is -23.7. The first-order valence-corrected chi connectivity index (χ1v) is 20.8. The molecular formula is C25H23N5O16S5. The van der Waals surface area contributed by atoms with E-state index in [2.05, 4.69) is 30.0 Å². The fraction of sp³-hybridized carbons (Fsp3) is 0.120. The van der Waals surface area contributed by atoms with E-state index >= 15 is 0 Å². The Hall–Kier alpha value is -4.51. The van der Waals surface area contributed by atoms with E-state index < -0.39 is 101 Å². The molecule has 0 aromatic heterocycles. The van der Waals surface area contributed by atoms with Crippen molar-refractivity contribution in [2.45, 2.75) is 14.7 Å². The summed E-state index contributed by atoms with van der Waals surface area (Å²) in [5.41, 5.74) is -2.08. The molecule has 0 bridgehead atoms. The zero-order chi connectivity index (χ0) is 38.0. The molecule has 21 nitrogen and oxygen atoms in total. The highest BCUT2D eigenvalue weighted by Crippen LogP contribution is 2.46. The number of anilines is 1. The Morgan fingerprint density at radius 1 is 0.647 bits per heavy atom. The predicted molar refractivity (Wildman–Crippen MR) is 176 cm³/mol. The smallest absolute Gasteiger partial charge is 0.397 e. The highest BCUT2D eigenvalue weighted by Gasteiger charge is 2.25. The summed E-state index contributed by atoms with van der Waals surface area (Å²) in [5, 5.41) is 28.0. The van der Waals surface area contributed by atoms with Crippen LogP contribution in [0.5, 0.6) is 5.75 Å². The standard InChI is InChI=1S/C25H23N5O16S5/c31-25-17-9-10-20(26-14-48(34,35)36)23(29-28-19-3-1-2-4-21(19)49(37,38)39)18(17)13-22(50(40,41)42)24(25)30-27-15-5-7-16(8-6-15)47(32,33)12-11-46-51(43,44)45/h1-10,13,26,31H,11-12,14H2,(H,34,35,36)(H,37,38,39)(H,40,41,42)(H,43,44,45). The van der Waals surface area contributed by atoms with Crippen molar-refractivity contribution < 1.29 is 69.6 Å². The minimum Gasteiger partial charge on any atom is -0.505 e. The van der Waals surface area contributed by atoms with Crippen LogP contribution < -0.4 is 5.32 Å². The summed E-state index contributed by atoms with van der Waals surface area (Å²) in [5.74, 6) is -2.87. The van der Waals surface area contributed by atoms with Crippen molar-refractivity contribution in [3.63, 3.8) is 0 Å². The quantitative estimate of drug-likeness (QED) is 0.0780. The lowest BCUT2D eigenvalue weighted by Gasteiger charge is -2.14. The Bertz CT molecular complexity index is 2630. The minimum atomic E-state index is -5.26. The van der Waals surface area contributed by atoms with Gasteiger partial charge in [-0.15, -0.1) is 15.3 Å². The first-order valence-electron chi connectivity index (χ1n) is 13.3. The Morgan fingerprint density at radius 2 is 1.25 bits per heavy atom. The number of hydrogen-bond acceptors (Lipinski definition) is 17. The van der Waals surface area contributed by atoms with Crippen LogP contribution >= 0.6 is 0 Å². The number of azo groups is 2. The van der Waals surface area contributed by atoms with Crippen molar-refractivity contribution in [1.29, 1.82) is 0 Å². The van der Waals surface area contributed by atoms with Crippen molar-refractivity contribution in [3.05, 3.63) is 66.7 Å². The van der Waals surface area contributed by atoms with Crippen molar-refractivity contribution in [3.8, 4) is 5.75 Å². The number of benzene rings is 4. The topological polar surface area (TPSA) is 343 Å². The molecule has 0 aliphatic heterocycles. The molecule has 6 N–H and O–H groups in total. The molecular weight excluding hydrogens is 787 g/mol. The predicted octanol–water partition coefficient (Wildman–Crippen LogP) is 3.72. The van der Waals surface area contributed by atoms with E-state index in [0.717, 1.165) is 54.6 Å². The molecule has 0 unspecified atom stereocenters. The highest BCUT2D eigenvalue weighted by molar-refractivity contribution is 7.91. The Kier molecular flexibility index (Phi) is 11.3. The summed E-state index contributed by atoms with van der Waals surface area (Å²) in [6.45, 7) is -0.888. The van der Waals surface area contributed by atoms with Gasteiger partial charge in [-0.1, -0.05) is 12.1 Å².